The van der Waals surface area contributed by atoms with E-state index in [1.165, 1.54) is 10.9 Å². The summed E-state index contributed by atoms with van der Waals surface area (Å²) in [7, 11) is 0. The fourth-order valence-corrected chi connectivity index (χ4v) is 5.22. The van der Waals surface area contributed by atoms with Gasteiger partial charge >= 0.3 is 5.97 Å². The van der Waals surface area contributed by atoms with Gasteiger partial charge in [-0.25, -0.2) is 9.18 Å². The first-order valence-corrected chi connectivity index (χ1v) is 11.4. The van der Waals surface area contributed by atoms with E-state index in [2.05, 4.69) is 15.7 Å². The summed E-state index contributed by atoms with van der Waals surface area (Å²) in [5.74, 6) is -0.581. The highest BCUT2D eigenvalue weighted by atomic mass is 32.1. The molecule has 2 aromatic heterocycles. The highest BCUT2D eigenvalue weighted by Gasteiger charge is 2.26. The molecule has 0 bridgehead atoms. The van der Waals surface area contributed by atoms with E-state index in [0.29, 0.717) is 40.1 Å². The van der Waals surface area contributed by atoms with Gasteiger partial charge in [-0.15, -0.1) is 11.3 Å². The zero-order chi connectivity index (χ0) is 21.8. The number of anilines is 2. The van der Waals surface area contributed by atoms with Crippen LogP contribution in [0.15, 0.2) is 36.7 Å². The quantitative estimate of drug-likeness (QED) is 0.400. The summed E-state index contributed by atoms with van der Waals surface area (Å²) in [6, 6.07) is 6.61. The number of aryl methyl sites for hydroxylation is 1. The number of nitrogens with one attached hydrogen (secondary N) is 2. The SMILES string of the molecule is CCOC(=O)c1c(NC(=S)Nc2cnn(Cc3ccccc3F)c2)sc2c1CCCC2. The third kappa shape index (κ3) is 4.94. The lowest BCUT2D eigenvalue weighted by Crippen LogP contribution is -2.20. The van der Waals surface area contributed by atoms with Gasteiger partial charge in [0.25, 0.3) is 0 Å². The fraction of sp³-hybridized carbons (Fsp3) is 0.318. The molecule has 162 valence electrons. The smallest absolute Gasteiger partial charge is 0.341 e. The molecule has 0 fully saturated rings. The molecule has 0 saturated carbocycles. The Kier molecular flexibility index (Phi) is 6.62. The van der Waals surface area contributed by atoms with E-state index in [-0.39, 0.29) is 11.8 Å². The predicted molar refractivity (Wildman–Crippen MR) is 124 cm³/mol. The lowest BCUT2D eigenvalue weighted by molar-refractivity contribution is 0.0526. The summed E-state index contributed by atoms with van der Waals surface area (Å²) in [5.41, 5.74) is 2.91. The molecule has 4 rings (SSSR count). The first kappa shape index (κ1) is 21.5. The number of rotatable bonds is 6. The lowest BCUT2D eigenvalue weighted by Gasteiger charge is -2.13. The standard InChI is InChI=1S/C22H23FN4O2S2/c1-2-29-21(28)19-16-8-4-6-10-18(16)31-20(19)26-22(30)25-15-11-24-27(13-15)12-14-7-3-5-9-17(14)23/h3,5,7,9,11,13H,2,4,6,8,10,12H2,1H3,(H2,25,26,30). The minimum Gasteiger partial charge on any atom is -0.462 e. The Morgan fingerprint density at radius 1 is 1.29 bits per heavy atom. The summed E-state index contributed by atoms with van der Waals surface area (Å²) in [6.45, 7) is 2.45. The van der Waals surface area contributed by atoms with Crippen molar-refractivity contribution >= 4 is 45.3 Å². The van der Waals surface area contributed by atoms with E-state index in [9.17, 15) is 9.18 Å². The molecular formula is C22H23FN4O2S2. The number of aromatic nitrogens is 2. The summed E-state index contributed by atoms with van der Waals surface area (Å²) >= 11 is 7.03. The van der Waals surface area contributed by atoms with Gasteiger partial charge in [0.05, 0.1) is 30.6 Å². The molecule has 9 heteroatoms. The van der Waals surface area contributed by atoms with E-state index in [1.54, 1.807) is 53.5 Å². The number of ether oxygens (including phenoxy) is 1. The average Bonchev–Trinajstić information content (AvgIpc) is 3.33. The summed E-state index contributed by atoms with van der Waals surface area (Å²) in [4.78, 5) is 13.8. The first-order valence-electron chi connectivity index (χ1n) is 10.2. The van der Waals surface area contributed by atoms with Gasteiger partial charge in [0, 0.05) is 16.6 Å². The Bertz CT molecular complexity index is 1110. The van der Waals surface area contributed by atoms with Crippen molar-refractivity contribution in [2.45, 2.75) is 39.2 Å². The molecule has 2 heterocycles. The number of hydrogen-bond acceptors (Lipinski definition) is 5. The van der Waals surface area contributed by atoms with E-state index in [0.717, 1.165) is 31.2 Å². The topological polar surface area (TPSA) is 68.2 Å². The second-order valence-corrected chi connectivity index (χ2v) is 8.75. The molecule has 6 nitrogen and oxygen atoms in total. The van der Waals surface area contributed by atoms with Crippen molar-refractivity contribution in [3.05, 3.63) is 64.0 Å². The van der Waals surface area contributed by atoms with Crippen molar-refractivity contribution in [2.24, 2.45) is 0 Å². The monoisotopic (exact) mass is 458 g/mol. The second kappa shape index (κ2) is 9.57. The normalized spacial score (nSPS) is 12.8. The Labute approximate surface area is 189 Å². The number of hydrogen-bond donors (Lipinski definition) is 2. The van der Waals surface area contributed by atoms with Gasteiger partial charge in [-0.05, 0) is 56.5 Å². The maximum atomic E-state index is 13.9. The van der Waals surface area contributed by atoms with Crippen LogP contribution in [-0.2, 0) is 24.1 Å². The van der Waals surface area contributed by atoms with Crippen molar-refractivity contribution in [3.8, 4) is 0 Å². The van der Waals surface area contributed by atoms with E-state index in [1.807, 2.05) is 0 Å². The molecule has 0 spiro atoms. The number of thiocarbonyl (C=S) groups is 1. The number of fused-ring (bicyclic) bond motifs is 1. The summed E-state index contributed by atoms with van der Waals surface area (Å²) < 4.78 is 20.8. The Balaban J connectivity index is 1.46. The number of nitrogens with zero attached hydrogens (tertiary/aromatic N) is 2. The molecule has 0 unspecified atom stereocenters. The third-order valence-corrected chi connectivity index (χ3v) is 6.47. The van der Waals surface area contributed by atoms with Crippen LogP contribution < -0.4 is 10.6 Å². The minimum atomic E-state index is -0.315. The van der Waals surface area contributed by atoms with Crippen LogP contribution in [-0.4, -0.2) is 27.5 Å². The van der Waals surface area contributed by atoms with Gasteiger partial charge in [0.15, 0.2) is 5.11 Å². The van der Waals surface area contributed by atoms with Crippen LogP contribution in [0.2, 0.25) is 0 Å². The molecule has 0 radical (unpaired) electrons. The molecule has 31 heavy (non-hydrogen) atoms. The van der Waals surface area contributed by atoms with E-state index >= 15 is 0 Å². The van der Waals surface area contributed by atoms with E-state index < -0.39 is 0 Å². The third-order valence-electron chi connectivity index (χ3n) is 5.06. The average molecular weight is 459 g/mol. The molecule has 0 amide bonds. The molecule has 3 aromatic rings. The number of carbonyl (C=O) groups excluding carboxylic acids is 1. The van der Waals surface area contributed by atoms with Crippen molar-refractivity contribution in [2.75, 3.05) is 17.2 Å². The molecule has 0 saturated heterocycles. The number of thiophene rings is 1. The van der Waals surface area contributed by atoms with Gasteiger partial charge in [-0.2, -0.15) is 5.10 Å². The predicted octanol–water partition coefficient (Wildman–Crippen LogP) is 5.00. The highest BCUT2D eigenvalue weighted by molar-refractivity contribution is 7.80. The number of carbonyl (C=O) groups is 1. The van der Waals surface area contributed by atoms with Crippen molar-refractivity contribution in [3.63, 3.8) is 0 Å². The Morgan fingerprint density at radius 3 is 2.90 bits per heavy atom. The van der Waals surface area contributed by atoms with Gasteiger partial charge in [0.1, 0.15) is 10.8 Å². The van der Waals surface area contributed by atoms with E-state index in [4.69, 9.17) is 17.0 Å². The van der Waals surface area contributed by atoms with Crippen LogP contribution in [0.3, 0.4) is 0 Å². The van der Waals surface area contributed by atoms with Gasteiger partial charge in [0.2, 0.25) is 0 Å². The number of esters is 1. The van der Waals surface area contributed by atoms with Crippen LogP contribution in [0, 0.1) is 5.82 Å². The first-order chi connectivity index (χ1) is 15.0. The second-order valence-electron chi connectivity index (χ2n) is 7.23. The number of benzene rings is 1. The van der Waals surface area contributed by atoms with Crippen LogP contribution in [0.25, 0.3) is 0 Å². The number of halogens is 1. The summed E-state index contributed by atoms with van der Waals surface area (Å²) in [6.07, 6.45) is 7.42. The molecule has 2 N–H and O–H groups in total. The zero-order valence-electron chi connectivity index (χ0n) is 17.1. The zero-order valence-corrected chi connectivity index (χ0v) is 18.7. The van der Waals surface area contributed by atoms with Crippen molar-refractivity contribution in [1.29, 1.82) is 0 Å². The van der Waals surface area contributed by atoms with Crippen molar-refractivity contribution < 1.29 is 13.9 Å². The molecular weight excluding hydrogens is 435 g/mol. The molecule has 0 atom stereocenters. The Morgan fingerprint density at radius 2 is 2.10 bits per heavy atom. The van der Waals surface area contributed by atoms with Crippen LogP contribution >= 0.6 is 23.6 Å². The summed E-state index contributed by atoms with van der Waals surface area (Å²) in [5, 5.41) is 11.6. The molecule has 1 aliphatic rings. The molecule has 1 aliphatic carbocycles. The van der Waals surface area contributed by atoms with Crippen LogP contribution in [0.5, 0.6) is 0 Å². The van der Waals surface area contributed by atoms with Gasteiger partial charge in [-0.1, -0.05) is 18.2 Å². The lowest BCUT2D eigenvalue weighted by atomic mass is 9.95. The van der Waals surface area contributed by atoms with Crippen LogP contribution in [0.1, 0.15) is 46.1 Å². The van der Waals surface area contributed by atoms with Crippen LogP contribution in [0.4, 0.5) is 15.1 Å². The van der Waals surface area contributed by atoms with Crippen molar-refractivity contribution in [1.82, 2.24) is 9.78 Å². The Hall–Kier alpha value is -2.78. The molecule has 1 aromatic carbocycles. The maximum absolute atomic E-state index is 13.9. The van der Waals surface area contributed by atoms with Gasteiger partial charge in [-0.3, -0.25) is 4.68 Å². The maximum Gasteiger partial charge on any atom is 0.341 e. The molecule has 0 aliphatic heterocycles. The van der Waals surface area contributed by atoms with Gasteiger partial charge < -0.3 is 15.4 Å². The fourth-order valence-electron chi connectivity index (χ4n) is 3.65. The minimum absolute atomic E-state index is 0.266. The largest absolute Gasteiger partial charge is 0.462 e. The highest BCUT2D eigenvalue weighted by Crippen LogP contribution is 2.38.